The minimum atomic E-state index is -0.136. The molecule has 0 atom stereocenters. The Bertz CT molecular complexity index is 378. The molecule has 0 aliphatic carbocycles. The van der Waals surface area contributed by atoms with E-state index < -0.39 is 0 Å². The summed E-state index contributed by atoms with van der Waals surface area (Å²) in [7, 11) is 0. The van der Waals surface area contributed by atoms with Gasteiger partial charge in [-0.05, 0) is 43.1 Å². The minimum Gasteiger partial charge on any atom is -0.475 e. The van der Waals surface area contributed by atoms with Gasteiger partial charge < -0.3 is 9.47 Å². The Kier molecular flexibility index (Phi) is 6.02. The van der Waals surface area contributed by atoms with E-state index in [1.165, 1.54) is 0 Å². The van der Waals surface area contributed by atoms with Crippen LogP contribution in [0.15, 0.2) is 10.7 Å². The zero-order chi connectivity index (χ0) is 13.6. The first-order chi connectivity index (χ1) is 8.40. The third-order valence-electron chi connectivity index (χ3n) is 2.06. The highest BCUT2D eigenvalue weighted by atomic mass is 79.9. The molecule has 18 heavy (non-hydrogen) atoms. The highest BCUT2D eigenvalue weighted by molar-refractivity contribution is 9.10. The molecular formula is C13H21BrN2O2. The van der Waals surface area contributed by atoms with E-state index in [1.54, 1.807) is 6.07 Å². The predicted octanol–water partition coefficient (Wildman–Crippen LogP) is 3.39. The van der Waals surface area contributed by atoms with Crippen LogP contribution in [0.25, 0.3) is 0 Å². The normalized spacial score (nSPS) is 11.6. The first-order valence-electron chi connectivity index (χ1n) is 6.21. The Labute approximate surface area is 117 Å². The van der Waals surface area contributed by atoms with E-state index in [0.717, 1.165) is 23.3 Å². The maximum atomic E-state index is 5.58. The molecule has 0 unspecified atom stereocenters. The SMILES string of the molecule is CCCc1nc(Br)cc(OCCOC(C)(C)C)n1. The number of halogens is 1. The lowest BCUT2D eigenvalue weighted by Gasteiger charge is -2.19. The Morgan fingerprint density at radius 3 is 2.56 bits per heavy atom. The van der Waals surface area contributed by atoms with Gasteiger partial charge in [0.1, 0.15) is 17.0 Å². The fraction of sp³-hybridized carbons (Fsp3) is 0.692. The van der Waals surface area contributed by atoms with Crippen LogP contribution < -0.4 is 4.74 Å². The van der Waals surface area contributed by atoms with Gasteiger partial charge in [0.05, 0.1) is 12.2 Å². The Hall–Kier alpha value is -0.680. The van der Waals surface area contributed by atoms with Crippen LogP contribution in [0.4, 0.5) is 0 Å². The maximum Gasteiger partial charge on any atom is 0.217 e. The molecule has 1 aromatic rings. The Morgan fingerprint density at radius 2 is 1.94 bits per heavy atom. The molecule has 102 valence electrons. The van der Waals surface area contributed by atoms with E-state index in [1.807, 2.05) is 20.8 Å². The molecule has 1 aromatic heterocycles. The van der Waals surface area contributed by atoms with Crippen molar-refractivity contribution >= 4 is 15.9 Å². The van der Waals surface area contributed by atoms with Crippen LogP contribution in [0.2, 0.25) is 0 Å². The van der Waals surface area contributed by atoms with E-state index in [2.05, 4.69) is 32.8 Å². The van der Waals surface area contributed by atoms with Crippen LogP contribution in [0.3, 0.4) is 0 Å². The van der Waals surface area contributed by atoms with Crippen LogP contribution in [0.1, 0.15) is 39.9 Å². The third kappa shape index (κ3) is 6.31. The highest BCUT2D eigenvalue weighted by Gasteiger charge is 2.10. The maximum absolute atomic E-state index is 5.58. The first-order valence-corrected chi connectivity index (χ1v) is 7.00. The van der Waals surface area contributed by atoms with Crippen molar-refractivity contribution in [1.82, 2.24) is 9.97 Å². The molecule has 0 aliphatic rings. The molecule has 0 saturated carbocycles. The van der Waals surface area contributed by atoms with E-state index in [0.29, 0.717) is 19.1 Å². The quantitative estimate of drug-likeness (QED) is 0.596. The number of aromatic nitrogens is 2. The van der Waals surface area contributed by atoms with Crippen LogP contribution in [0.5, 0.6) is 5.88 Å². The summed E-state index contributed by atoms with van der Waals surface area (Å²) < 4.78 is 11.9. The Morgan fingerprint density at radius 1 is 1.22 bits per heavy atom. The van der Waals surface area contributed by atoms with Gasteiger partial charge in [-0.3, -0.25) is 0 Å². The van der Waals surface area contributed by atoms with Crippen molar-refractivity contribution in [2.75, 3.05) is 13.2 Å². The lowest BCUT2D eigenvalue weighted by atomic mass is 10.2. The minimum absolute atomic E-state index is 0.136. The summed E-state index contributed by atoms with van der Waals surface area (Å²) in [5, 5.41) is 0. The van der Waals surface area contributed by atoms with E-state index in [-0.39, 0.29) is 5.60 Å². The highest BCUT2D eigenvalue weighted by Crippen LogP contribution is 2.15. The largest absolute Gasteiger partial charge is 0.475 e. The van der Waals surface area contributed by atoms with Gasteiger partial charge in [-0.2, -0.15) is 4.98 Å². The number of rotatable bonds is 6. The zero-order valence-electron chi connectivity index (χ0n) is 11.5. The second kappa shape index (κ2) is 7.04. The summed E-state index contributed by atoms with van der Waals surface area (Å²) in [6.45, 7) is 9.21. The Balaban J connectivity index is 2.46. The summed E-state index contributed by atoms with van der Waals surface area (Å²) in [4.78, 5) is 8.62. The monoisotopic (exact) mass is 316 g/mol. The van der Waals surface area contributed by atoms with Gasteiger partial charge in [-0.15, -0.1) is 0 Å². The summed E-state index contributed by atoms with van der Waals surface area (Å²) in [6, 6.07) is 1.77. The molecule has 0 aromatic carbocycles. The number of aryl methyl sites for hydroxylation is 1. The number of hydrogen-bond donors (Lipinski definition) is 0. The summed E-state index contributed by atoms with van der Waals surface area (Å²) in [6.07, 6.45) is 1.87. The molecule has 0 fully saturated rings. The molecule has 0 radical (unpaired) electrons. The van der Waals surface area contributed by atoms with Crippen molar-refractivity contribution in [3.05, 3.63) is 16.5 Å². The van der Waals surface area contributed by atoms with Crippen molar-refractivity contribution in [1.29, 1.82) is 0 Å². The van der Waals surface area contributed by atoms with Gasteiger partial charge in [0.25, 0.3) is 0 Å². The first kappa shape index (κ1) is 15.4. The van der Waals surface area contributed by atoms with Crippen molar-refractivity contribution < 1.29 is 9.47 Å². The van der Waals surface area contributed by atoms with Crippen molar-refractivity contribution in [3.8, 4) is 5.88 Å². The number of ether oxygens (including phenoxy) is 2. The van der Waals surface area contributed by atoms with E-state index in [9.17, 15) is 0 Å². The molecule has 4 nitrogen and oxygen atoms in total. The van der Waals surface area contributed by atoms with Gasteiger partial charge in [0.2, 0.25) is 5.88 Å². The second-order valence-electron chi connectivity index (χ2n) is 5.00. The molecule has 0 bridgehead atoms. The van der Waals surface area contributed by atoms with Crippen LogP contribution >= 0.6 is 15.9 Å². The van der Waals surface area contributed by atoms with E-state index in [4.69, 9.17) is 9.47 Å². The zero-order valence-corrected chi connectivity index (χ0v) is 13.1. The number of nitrogens with zero attached hydrogens (tertiary/aromatic N) is 2. The molecule has 0 saturated heterocycles. The fourth-order valence-corrected chi connectivity index (χ4v) is 1.75. The van der Waals surface area contributed by atoms with Gasteiger partial charge in [-0.25, -0.2) is 4.98 Å². The molecule has 5 heteroatoms. The van der Waals surface area contributed by atoms with Crippen LogP contribution in [-0.2, 0) is 11.2 Å². The van der Waals surface area contributed by atoms with E-state index >= 15 is 0 Å². The lowest BCUT2D eigenvalue weighted by Crippen LogP contribution is -2.22. The van der Waals surface area contributed by atoms with Gasteiger partial charge in [0.15, 0.2) is 0 Å². The molecule has 0 spiro atoms. The average Bonchev–Trinajstić information content (AvgIpc) is 2.23. The molecular weight excluding hydrogens is 296 g/mol. The van der Waals surface area contributed by atoms with Crippen molar-refractivity contribution in [2.45, 2.75) is 46.1 Å². The van der Waals surface area contributed by atoms with Gasteiger partial charge in [0, 0.05) is 12.5 Å². The van der Waals surface area contributed by atoms with Crippen molar-refractivity contribution in [2.24, 2.45) is 0 Å². The van der Waals surface area contributed by atoms with Gasteiger partial charge >= 0.3 is 0 Å². The standard InChI is InChI=1S/C13H21BrN2O2/c1-5-6-11-15-10(14)9-12(16-11)17-7-8-18-13(2,3)4/h9H,5-8H2,1-4H3. The molecule has 0 amide bonds. The lowest BCUT2D eigenvalue weighted by molar-refractivity contribution is -0.0168. The van der Waals surface area contributed by atoms with Crippen molar-refractivity contribution in [3.63, 3.8) is 0 Å². The predicted molar refractivity (Wildman–Crippen MR) is 74.9 cm³/mol. The molecule has 1 rings (SSSR count). The summed E-state index contributed by atoms with van der Waals surface area (Å²) in [5.74, 6) is 1.40. The summed E-state index contributed by atoms with van der Waals surface area (Å²) in [5.41, 5.74) is -0.136. The molecule has 1 heterocycles. The smallest absolute Gasteiger partial charge is 0.217 e. The van der Waals surface area contributed by atoms with Crippen LogP contribution in [-0.4, -0.2) is 28.8 Å². The number of hydrogen-bond acceptors (Lipinski definition) is 4. The summed E-state index contributed by atoms with van der Waals surface area (Å²) >= 11 is 3.36. The topological polar surface area (TPSA) is 44.2 Å². The molecule has 0 N–H and O–H groups in total. The third-order valence-corrected chi connectivity index (χ3v) is 2.47. The van der Waals surface area contributed by atoms with Crippen LogP contribution in [0, 0.1) is 0 Å². The second-order valence-corrected chi connectivity index (χ2v) is 5.82. The fourth-order valence-electron chi connectivity index (χ4n) is 1.35. The average molecular weight is 317 g/mol. The molecule has 0 aliphatic heterocycles. The van der Waals surface area contributed by atoms with Gasteiger partial charge in [-0.1, -0.05) is 6.92 Å².